The zero-order valence-electron chi connectivity index (χ0n) is 9.51. The summed E-state index contributed by atoms with van der Waals surface area (Å²) in [5.74, 6) is 0.169. The van der Waals surface area contributed by atoms with Crippen LogP contribution in [0, 0.1) is 6.92 Å². The number of aryl methyl sites for hydroxylation is 1. The molecule has 0 saturated heterocycles. The van der Waals surface area contributed by atoms with E-state index in [1.54, 1.807) is 30.3 Å². The second-order valence-corrected chi connectivity index (χ2v) is 3.83. The number of benzene rings is 2. The van der Waals surface area contributed by atoms with Crippen LogP contribution in [0.1, 0.15) is 15.9 Å². The summed E-state index contributed by atoms with van der Waals surface area (Å²) in [5.41, 5.74) is 7.70. The maximum Gasteiger partial charge on any atom is 0.343 e. The molecule has 0 amide bonds. The molecule has 0 aliphatic rings. The third-order valence-electron chi connectivity index (χ3n) is 2.35. The van der Waals surface area contributed by atoms with Crippen molar-refractivity contribution in [1.82, 2.24) is 0 Å². The number of hydrogen-bond acceptors (Lipinski definition) is 3. The highest BCUT2D eigenvalue weighted by Gasteiger charge is 2.07. The standard InChI is InChI=1S/C14H13NO2/c1-10-3-2-4-13(9-10)17-14(16)11-5-7-12(15)8-6-11/h2-9H,15H2,1H3. The second kappa shape index (κ2) is 4.70. The molecule has 2 rings (SSSR count). The van der Waals surface area contributed by atoms with Crippen molar-refractivity contribution in [2.45, 2.75) is 6.92 Å². The Balaban J connectivity index is 2.14. The van der Waals surface area contributed by atoms with Gasteiger partial charge in [-0.25, -0.2) is 4.79 Å². The van der Waals surface area contributed by atoms with Gasteiger partial charge in [-0.2, -0.15) is 0 Å². The first-order valence-electron chi connectivity index (χ1n) is 5.29. The summed E-state index contributed by atoms with van der Waals surface area (Å²) in [6, 6.07) is 14.0. The molecule has 2 N–H and O–H groups in total. The minimum absolute atomic E-state index is 0.379. The number of carbonyl (C=O) groups is 1. The third kappa shape index (κ3) is 2.84. The molecule has 0 aromatic heterocycles. The van der Waals surface area contributed by atoms with Crippen LogP contribution in [0.5, 0.6) is 5.75 Å². The number of nitrogen functional groups attached to an aromatic ring is 1. The van der Waals surface area contributed by atoms with Crippen LogP contribution in [-0.4, -0.2) is 5.97 Å². The summed E-state index contributed by atoms with van der Waals surface area (Å²) in [7, 11) is 0. The zero-order chi connectivity index (χ0) is 12.3. The van der Waals surface area contributed by atoms with Crippen molar-refractivity contribution >= 4 is 11.7 Å². The van der Waals surface area contributed by atoms with Gasteiger partial charge in [-0.3, -0.25) is 0 Å². The van der Waals surface area contributed by atoms with E-state index in [2.05, 4.69) is 0 Å². The smallest absolute Gasteiger partial charge is 0.343 e. The number of ether oxygens (including phenoxy) is 1. The molecular formula is C14H13NO2. The fraction of sp³-hybridized carbons (Fsp3) is 0.0714. The van der Waals surface area contributed by atoms with Crippen LogP contribution >= 0.6 is 0 Å². The summed E-state index contributed by atoms with van der Waals surface area (Å²) in [6.45, 7) is 1.94. The van der Waals surface area contributed by atoms with Crippen molar-refractivity contribution in [2.24, 2.45) is 0 Å². The molecule has 0 saturated carbocycles. The highest BCUT2D eigenvalue weighted by Crippen LogP contribution is 2.15. The highest BCUT2D eigenvalue weighted by atomic mass is 16.5. The molecule has 17 heavy (non-hydrogen) atoms. The van der Waals surface area contributed by atoms with E-state index >= 15 is 0 Å². The van der Waals surface area contributed by atoms with Crippen molar-refractivity contribution in [3.8, 4) is 5.75 Å². The van der Waals surface area contributed by atoms with Gasteiger partial charge in [-0.15, -0.1) is 0 Å². The number of esters is 1. The molecule has 0 unspecified atom stereocenters. The van der Waals surface area contributed by atoms with Gasteiger partial charge in [0.2, 0.25) is 0 Å². The van der Waals surface area contributed by atoms with E-state index in [1.165, 1.54) is 0 Å². The summed E-state index contributed by atoms with van der Waals surface area (Å²) in [5, 5.41) is 0. The first-order chi connectivity index (χ1) is 8.15. The van der Waals surface area contributed by atoms with Crippen molar-refractivity contribution in [2.75, 3.05) is 5.73 Å². The number of hydrogen-bond donors (Lipinski definition) is 1. The van der Waals surface area contributed by atoms with E-state index < -0.39 is 0 Å². The van der Waals surface area contributed by atoms with Gasteiger partial charge >= 0.3 is 5.97 Å². The molecule has 2 aromatic rings. The molecule has 0 bridgehead atoms. The first-order valence-corrected chi connectivity index (χ1v) is 5.29. The van der Waals surface area contributed by atoms with E-state index in [1.807, 2.05) is 25.1 Å². The maximum atomic E-state index is 11.8. The highest BCUT2D eigenvalue weighted by molar-refractivity contribution is 5.91. The summed E-state index contributed by atoms with van der Waals surface area (Å²) in [4.78, 5) is 11.8. The van der Waals surface area contributed by atoms with Gasteiger partial charge in [0, 0.05) is 5.69 Å². The maximum absolute atomic E-state index is 11.8. The minimum atomic E-state index is -0.379. The van der Waals surface area contributed by atoms with Crippen molar-refractivity contribution < 1.29 is 9.53 Å². The number of rotatable bonds is 2. The lowest BCUT2D eigenvalue weighted by Gasteiger charge is -2.05. The number of carbonyl (C=O) groups excluding carboxylic acids is 1. The predicted molar refractivity (Wildman–Crippen MR) is 67.0 cm³/mol. The Bertz CT molecular complexity index is 532. The van der Waals surface area contributed by atoms with E-state index in [4.69, 9.17) is 10.5 Å². The summed E-state index contributed by atoms with van der Waals surface area (Å²) < 4.78 is 5.24. The fourth-order valence-corrected chi connectivity index (χ4v) is 1.46. The van der Waals surface area contributed by atoms with Gasteiger partial charge in [0.1, 0.15) is 5.75 Å². The van der Waals surface area contributed by atoms with Crippen LogP contribution < -0.4 is 10.5 Å². The molecule has 3 nitrogen and oxygen atoms in total. The van der Waals surface area contributed by atoms with E-state index in [0.717, 1.165) is 5.56 Å². The number of nitrogens with two attached hydrogens (primary N) is 1. The van der Waals surface area contributed by atoms with Crippen LogP contribution in [0.3, 0.4) is 0 Å². The minimum Gasteiger partial charge on any atom is -0.423 e. The van der Waals surface area contributed by atoms with Crippen LogP contribution in [0.25, 0.3) is 0 Å². The third-order valence-corrected chi connectivity index (χ3v) is 2.35. The molecule has 0 heterocycles. The van der Waals surface area contributed by atoms with Crippen LogP contribution in [-0.2, 0) is 0 Å². The molecule has 0 atom stereocenters. The van der Waals surface area contributed by atoms with Crippen molar-refractivity contribution in [3.05, 3.63) is 59.7 Å². The molecule has 0 spiro atoms. The van der Waals surface area contributed by atoms with Crippen molar-refractivity contribution in [1.29, 1.82) is 0 Å². The lowest BCUT2D eigenvalue weighted by molar-refractivity contribution is 0.0735. The monoisotopic (exact) mass is 227 g/mol. The lowest BCUT2D eigenvalue weighted by atomic mass is 10.2. The normalized spacial score (nSPS) is 9.94. The van der Waals surface area contributed by atoms with Gasteiger partial charge in [0.15, 0.2) is 0 Å². The molecular weight excluding hydrogens is 214 g/mol. The van der Waals surface area contributed by atoms with Crippen LogP contribution in [0.4, 0.5) is 5.69 Å². The summed E-state index contributed by atoms with van der Waals surface area (Å²) >= 11 is 0. The van der Waals surface area contributed by atoms with Gasteiger partial charge in [0.25, 0.3) is 0 Å². The predicted octanol–water partition coefficient (Wildman–Crippen LogP) is 2.80. The molecule has 86 valence electrons. The van der Waals surface area contributed by atoms with Gasteiger partial charge < -0.3 is 10.5 Å². The Morgan fingerprint density at radius 1 is 1.12 bits per heavy atom. The second-order valence-electron chi connectivity index (χ2n) is 3.83. The number of anilines is 1. The first kappa shape index (κ1) is 11.2. The Morgan fingerprint density at radius 3 is 2.47 bits per heavy atom. The molecule has 0 aliphatic heterocycles. The largest absolute Gasteiger partial charge is 0.423 e. The SMILES string of the molecule is Cc1cccc(OC(=O)c2ccc(N)cc2)c1. The lowest BCUT2D eigenvalue weighted by Crippen LogP contribution is -2.08. The average molecular weight is 227 g/mol. The quantitative estimate of drug-likeness (QED) is 0.487. The zero-order valence-corrected chi connectivity index (χ0v) is 9.51. The summed E-state index contributed by atoms with van der Waals surface area (Å²) in [6.07, 6.45) is 0. The van der Waals surface area contributed by atoms with Crippen LogP contribution in [0.15, 0.2) is 48.5 Å². The topological polar surface area (TPSA) is 52.3 Å². The van der Waals surface area contributed by atoms with Crippen LogP contribution in [0.2, 0.25) is 0 Å². The van der Waals surface area contributed by atoms with Gasteiger partial charge in [-0.05, 0) is 48.9 Å². The Labute approximate surface area is 99.8 Å². The molecule has 3 heteroatoms. The Morgan fingerprint density at radius 2 is 1.82 bits per heavy atom. The molecule has 0 radical (unpaired) electrons. The molecule has 2 aromatic carbocycles. The Kier molecular flexibility index (Phi) is 3.10. The van der Waals surface area contributed by atoms with Gasteiger partial charge in [-0.1, -0.05) is 12.1 Å². The average Bonchev–Trinajstić information content (AvgIpc) is 2.29. The Hall–Kier alpha value is -2.29. The van der Waals surface area contributed by atoms with Gasteiger partial charge in [0.05, 0.1) is 5.56 Å². The molecule has 0 aliphatic carbocycles. The van der Waals surface area contributed by atoms with Crippen molar-refractivity contribution in [3.63, 3.8) is 0 Å². The van der Waals surface area contributed by atoms with E-state index in [0.29, 0.717) is 17.0 Å². The van der Waals surface area contributed by atoms with E-state index in [-0.39, 0.29) is 5.97 Å². The van der Waals surface area contributed by atoms with E-state index in [9.17, 15) is 4.79 Å². The molecule has 0 fully saturated rings. The fourth-order valence-electron chi connectivity index (χ4n) is 1.46.